The highest BCUT2D eigenvalue weighted by atomic mass is 16.2. The van der Waals surface area contributed by atoms with Gasteiger partial charge in [0.05, 0.1) is 5.56 Å². The first kappa shape index (κ1) is 15.7. The summed E-state index contributed by atoms with van der Waals surface area (Å²) >= 11 is 0. The van der Waals surface area contributed by atoms with Gasteiger partial charge in [-0.05, 0) is 19.4 Å². The highest BCUT2D eigenvalue weighted by Gasteiger charge is 2.25. The van der Waals surface area contributed by atoms with Gasteiger partial charge in [0.25, 0.3) is 11.5 Å². The minimum atomic E-state index is -0.154. The number of pyridine rings is 1. The van der Waals surface area contributed by atoms with Gasteiger partial charge in [0.1, 0.15) is 0 Å². The van der Waals surface area contributed by atoms with Gasteiger partial charge in [-0.15, -0.1) is 0 Å². The molecule has 1 unspecified atom stereocenters. The molecule has 122 valence electrons. The SMILES string of the molecule is CCC(C)N1CCN(C(=O)c2c[nH]c(=O)c3ccccc23)CC1. The van der Waals surface area contributed by atoms with Crippen molar-refractivity contribution in [3.63, 3.8) is 0 Å². The molecule has 1 aromatic heterocycles. The number of H-pyrrole nitrogens is 1. The average molecular weight is 313 g/mol. The monoisotopic (exact) mass is 313 g/mol. The van der Waals surface area contributed by atoms with Crippen molar-refractivity contribution in [2.75, 3.05) is 26.2 Å². The lowest BCUT2D eigenvalue weighted by Crippen LogP contribution is -2.51. The molecule has 0 bridgehead atoms. The van der Waals surface area contributed by atoms with Crippen LogP contribution in [0.1, 0.15) is 30.6 Å². The lowest BCUT2D eigenvalue weighted by molar-refractivity contribution is 0.0581. The van der Waals surface area contributed by atoms with E-state index in [2.05, 4.69) is 23.7 Å². The molecule has 1 aromatic carbocycles. The first-order valence-corrected chi connectivity index (χ1v) is 8.25. The molecule has 1 saturated heterocycles. The summed E-state index contributed by atoms with van der Waals surface area (Å²) in [6.07, 6.45) is 2.67. The fraction of sp³-hybridized carbons (Fsp3) is 0.444. The molecule has 1 aliphatic rings. The topological polar surface area (TPSA) is 56.4 Å². The van der Waals surface area contributed by atoms with Crippen LogP contribution in [0.25, 0.3) is 10.8 Å². The van der Waals surface area contributed by atoms with Gasteiger partial charge < -0.3 is 9.88 Å². The molecule has 0 radical (unpaired) electrons. The van der Waals surface area contributed by atoms with Crippen LogP contribution >= 0.6 is 0 Å². The summed E-state index contributed by atoms with van der Waals surface area (Å²) < 4.78 is 0. The maximum Gasteiger partial charge on any atom is 0.256 e. The summed E-state index contributed by atoms with van der Waals surface area (Å²) in [5.41, 5.74) is 0.427. The molecule has 1 atom stereocenters. The lowest BCUT2D eigenvalue weighted by Gasteiger charge is -2.37. The molecule has 23 heavy (non-hydrogen) atoms. The van der Waals surface area contributed by atoms with E-state index in [9.17, 15) is 9.59 Å². The Morgan fingerprint density at radius 1 is 1.17 bits per heavy atom. The van der Waals surface area contributed by atoms with Crippen LogP contribution in [0, 0.1) is 0 Å². The summed E-state index contributed by atoms with van der Waals surface area (Å²) in [6, 6.07) is 7.83. The highest BCUT2D eigenvalue weighted by Crippen LogP contribution is 2.18. The van der Waals surface area contributed by atoms with E-state index in [1.165, 1.54) is 0 Å². The summed E-state index contributed by atoms with van der Waals surface area (Å²) in [6.45, 7) is 7.69. The van der Waals surface area contributed by atoms with Crippen LogP contribution in [0.5, 0.6) is 0 Å². The van der Waals surface area contributed by atoms with E-state index in [4.69, 9.17) is 0 Å². The van der Waals surface area contributed by atoms with Crippen molar-refractivity contribution in [3.05, 3.63) is 46.4 Å². The largest absolute Gasteiger partial charge is 0.336 e. The summed E-state index contributed by atoms with van der Waals surface area (Å²) in [5.74, 6) is 0.00116. The van der Waals surface area contributed by atoms with E-state index in [0.29, 0.717) is 17.0 Å². The van der Waals surface area contributed by atoms with Gasteiger partial charge >= 0.3 is 0 Å². The normalized spacial score (nSPS) is 17.4. The molecule has 5 heteroatoms. The minimum Gasteiger partial charge on any atom is -0.336 e. The second-order valence-corrected chi connectivity index (χ2v) is 6.16. The predicted molar refractivity (Wildman–Crippen MR) is 91.8 cm³/mol. The molecule has 3 rings (SSSR count). The number of amides is 1. The summed E-state index contributed by atoms with van der Waals surface area (Å²) in [7, 11) is 0. The van der Waals surface area contributed by atoms with Crippen LogP contribution in [0.3, 0.4) is 0 Å². The molecular weight excluding hydrogens is 290 g/mol. The van der Waals surface area contributed by atoms with Crippen molar-refractivity contribution >= 4 is 16.7 Å². The van der Waals surface area contributed by atoms with E-state index in [1.807, 2.05) is 23.1 Å². The fourth-order valence-electron chi connectivity index (χ4n) is 3.18. The number of carbonyl (C=O) groups excluding carboxylic acids is 1. The number of aromatic nitrogens is 1. The van der Waals surface area contributed by atoms with E-state index in [-0.39, 0.29) is 11.5 Å². The lowest BCUT2D eigenvalue weighted by atomic mass is 10.1. The number of aromatic amines is 1. The van der Waals surface area contributed by atoms with Crippen LogP contribution in [0.4, 0.5) is 0 Å². The maximum atomic E-state index is 12.9. The van der Waals surface area contributed by atoms with Gasteiger partial charge in [-0.3, -0.25) is 14.5 Å². The van der Waals surface area contributed by atoms with Gasteiger partial charge in [-0.2, -0.15) is 0 Å². The van der Waals surface area contributed by atoms with Gasteiger partial charge in [0.15, 0.2) is 0 Å². The number of benzene rings is 1. The van der Waals surface area contributed by atoms with Crippen LogP contribution in [0.2, 0.25) is 0 Å². The van der Waals surface area contributed by atoms with Gasteiger partial charge in [-0.25, -0.2) is 0 Å². The van der Waals surface area contributed by atoms with E-state index >= 15 is 0 Å². The van der Waals surface area contributed by atoms with Crippen LogP contribution in [-0.2, 0) is 0 Å². The molecule has 1 fully saturated rings. The van der Waals surface area contributed by atoms with Crippen LogP contribution < -0.4 is 5.56 Å². The number of hydrogen-bond acceptors (Lipinski definition) is 3. The summed E-state index contributed by atoms with van der Waals surface area (Å²) in [4.78, 5) is 31.7. The Morgan fingerprint density at radius 2 is 1.83 bits per heavy atom. The van der Waals surface area contributed by atoms with E-state index in [1.54, 1.807) is 12.3 Å². The molecule has 2 heterocycles. The molecular formula is C18H23N3O2. The molecule has 1 amide bonds. The Labute approximate surface area is 135 Å². The summed E-state index contributed by atoms with van der Waals surface area (Å²) in [5, 5.41) is 1.29. The number of nitrogens with one attached hydrogen (secondary N) is 1. The predicted octanol–water partition coefficient (Wildman–Crippen LogP) is 2.08. The first-order chi connectivity index (χ1) is 11.1. The van der Waals surface area contributed by atoms with Crippen molar-refractivity contribution in [1.29, 1.82) is 0 Å². The number of fused-ring (bicyclic) bond motifs is 1. The van der Waals surface area contributed by atoms with Crippen LogP contribution in [-0.4, -0.2) is 52.9 Å². The second-order valence-electron chi connectivity index (χ2n) is 6.16. The molecule has 0 spiro atoms. The molecule has 1 N–H and O–H groups in total. The Morgan fingerprint density at radius 3 is 2.48 bits per heavy atom. The Balaban J connectivity index is 1.83. The second kappa shape index (κ2) is 6.54. The van der Waals surface area contributed by atoms with E-state index < -0.39 is 0 Å². The highest BCUT2D eigenvalue weighted by molar-refractivity contribution is 6.06. The smallest absolute Gasteiger partial charge is 0.256 e. The minimum absolute atomic E-state index is 0.00116. The Bertz CT molecular complexity index is 760. The third kappa shape index (κ3) is 3.01. The van der Waals surface area contributed by atoms with Crippen molar-refractivity contribution in [3.8, 4) is 0 Å². The van der Waals surface area contributed by atoms with Crippen molar-refractivity contribution in [1.82, 2.24) is 14.8 Å². The number of carbonyl (C=O) groups is 1. The quantitative estimate of drug-likeness (QED) is 0.944. The zero-order valence-corrected chi connectivity index (χ0v) is 13.7. The van der Waals surface area contributed by atoms with Crippen LogP contribution in [0.15, 0.2) is 35.3 Å². The molecule has 0 aliphatic carbocycles. The number of hydrogen-bond donors (Lipinski definition) is 1. The molecule has 1 aliphatic heterocycles. The standard InChI is InChI=1S/C18H23N3O2/c1-3-13(2)20-8-10-21(11-9-20)18(23)16-12-19-17(22)15-7-5-4-6-14(15)16/h4-7,12-13H,3,8-11H2,1-2H3,(H,19,22). The van der Waals surface area contributed by atoms with Crippen molar-refractivity contribution < 1.29 is 4.79 Å². The average Bonchev–Trinajstić information content (AvgIpc) is 2.61. The Kier molecular flexibility index (Phi) is 4.48. The molecule has 2 aromatic rings. The molecule has 5 nitrogen and oxygen atoms in total. The zero-order chi connectivity index (χ0) is 16.4. The fourth-order valence-corrected chi connectivity index (χ4v) is 3.18. The van der Waals surface area contributed by atoms with Gasteiger partial charge in [0, 0.05) is 49.2 Å². The number of piperazine rings is 1. The maximum absolute atomic E-state index is 12.9. The van der Waals surface area contributed by atoms with E-state index in [0.717, 1.165) is 38.0 Å². The van der Waals surface area contributed by atoms with Crippen molar-refractivity contribution in [2.24, 2.45) is 0 Å². The number of rotatable bonds is 3. The third-order valence-corrected chi connectivity index (χ3v) is 4.86. The Hall–Kier alpha value is -2.14. The third-order valence-electron chi connectivity index (χ3n) is 4.86. The first-order valence-electron chi connectivity index (χ1n) is 8.25. The number of nitrogens with zero attached hydrogens (tertiary/aromatic N) is 2. The zero-order valence-electron chi connectivity index (χ0n) is 13.7. The van der Waals surface area contributed by atoms with Gasteiger partial charge in [-0.1, -0.05) is 25.1 Å². The van der Waals surface area contributed by atoms with Crippen molar-refractivity contribution in [2.45, 2.75) is 26.3 Å². The molecule has 0 saturated carbocycles. The van der Waals surface area contributed by atoms with Gasteiger partial charge in [0.2, 0.25) is 0 Å².